The van der Waals surface area contributed by atoms with Gasteiger partial charge in [0.05, 0.1) is 22.3 Å². The van der Waals surface area contributed by atoms with Crippen LogP contribution in [0, 0.1) is 0 Å². The number of ether oxygens (including phenoxy) is 1. The van der Waals surface area contributed by atoms with Gasteiger partial charge < -0.3 is 14.5 Å². The monoisotopic (exact) mass is 409 g/mol. The molecule has 0 spiro atoms. The number of nitrogens with zero attached hydrogens (tertiary/aromatic N) is 3. The molecule has 0 saturated carbocycles. The number of anilines is 1. The molecule has 1 saturated heterocycles. The summed E-state index contributed by atoms with van der Waals surface area (Å²) in [5, 5.41) is 1.17. The van der Waals surface area contributed by atoms with Gasteiger partial charge in [-0.25, -0.2) is 4.98 Å². The Morgan fingerprint density at radius 3 is 2.69 bits per heavy atom. The van der Waals surface area contributed by atoms with Crippen LogP contribution in [0.3, 0.4) is 0 Å². The molecule has 152 valence electrons. The summed E-state index contributed by atoms with van der Waals surface area (Å²) < 4.78 is 6.56. The summed E-state index contributed by atoms with van der Waals surface area (Å²) in [5.74, 6) is 1.15. The lowest BCUT2D eigenvalue weighted by molar-refractivity contribution is -0.131. The molecule has 4 rings (SSSR count). The molecule has 1 amide bonds. The van der Waals surface area contributed by atoms with Crippen LogP contribution in [0.1, 0.15) is 24.3 Å². The minimum absolute atomic E-state index is 0.277. The fourth-order valence-corrected chi connectivity index (χ4v) is 4.77. The van der Waals surface area contributed by atoms with Crippen molar-refractivity contribution in [1.82, 2.24) is 9.88 Å². The molecular weight excluding hydrogens is 382 g/mol. The number of benzene rings is 2. The lowest BCUT2D eigenvalue weighted by atomic mass is 10.1. The number of fused-ring (bicyclic) bond motifs is 1. The molecule has 1 aliphatic heterocycles. The smallest absolute Gasteiger partial charge is 0.222 e. The van der Waals surface area contributed by atoms with Crippen molar-refractivity contribution in [3.8, 4) is 5.75 Å². The Labute approximate surface area is 175 Å². The fraction of sp³-hybridized carbons (Fsp3) is 0.391. The molecule has 0 aliphatic carbocycles. The summed E-state index contributed by atoms with van der Waals surface area (Å²) in [5.41, 5.74) is 2.24. The molecule has 6 heteroatoms. The molecule has 1 aliphatic rings. The van der Waals surface area contributed by atoms with E-state index in [1.165, 1.54) is 9.71 Å². The van der Waals surface area contributed by atoms with Gasteiger partial charge in [-0.3, -0.25) is 4.79 Å². The van der Waals surface area contributed by atoms with E-state index in [4.69, 9.17) is 4.74 Å². The van der Waals surface area contributed by atoms with E-state index in [1.54, 1.807) is 18.4 Å². The standard InChI is InChI=1S/C23H27N3O2S/c1-28-19-8-6-7-18(17-19)25-13-15-26(16-14-25)23(27)12-5-4-11-22-24-20-9-2-3-10-21(20)29-22/h2-3,6-10,17H,4-5,11-16H2,1H3. The second kappa shape index (κ2) is 9.27. The summed E-state index contributed by atoms with van der Waals surface area (Å²) in [4.78, 5) is 21.6. The molecule has 0 unspecified atom stereocenters. The highest BCUT2D eigenvalue weighted by Gasteiger charge is 2.21. The van der Waals surface area contributed by atoms with Crippen molar-refractivity contribution in [1.29, 1.82) is 0 Å². The van der Waals surface area contributed by atoms with Crippen LogP contribution in [0.5, 0.6) is 5.75 Å². The first-order chi connectivity index (χ1) is 14.2. The zero-order valence-corrected chi connectivity index (χ0v) is 17.7. The van der Waals surface area contributed by atoms with Crippen molar-refractivity contribution in [3.05, 3.63) is 53.5 Å². The third kappa shape index (κ3) is 4.88. The van der Waals surface area contributed by atoms with E-state index in [9.17, 15) is 4.79 Å². The molecule has 0 bridgehead atoms. The maximum absolute atomic E-state index is 12.6. The van der Waals surface area contributed by atoms with Gasteiger partial charge in [-0.1, -0.05) is 18.2 Å². The Morgan fingerprint density at radius 2 is 1.90 bits per heavy atom. The first-order valence-electron chi connectivity index (χ1n) is 10.2. The number of methoxy groups -OCH3 is 1. The van der Waals surface area contributed by atoms with Crippen LogP contribution < -0.4 is 9.64 Å². The summed E-state index contributed by atoms with van der Waals surface area (Å²) in [6.07, 6.45) is 3.51. The number of rotatable bonds is 7. The number of piperazine rings is 1. The number of para-hydroxylation sites is 1. The Hall–Kier alpha value is -2.60. The van der Waals surface area contributed by atoms with Crippen molar-refractivity contribution in [2.24, 2.45) is 0 Å². The van der Waals surface area contributed by atoms with Gasteiger partial charge in [0.25, 0.3) is 0 Å². The zero-order valence-electron chi connectivity index (χ0n) is 16.8. The van der Waals surface area contributed by atoms with Crippen molar-refractivity contribution in [3.63, 3.8) is 0 Å². The largest absolute Gasteiger partial charge is 0.497 e. The number of unbranched alkanes of at least 4 members (excludes halogenated alkanes) is 1. The Morgan fingerprint density at radius 1 is 1.07 bits per heavy atom. The molecule has 5 nitrogen and oxygen atoms in total. The number of hydrogen-bond donors (Lipinski definition) is 0. The minimum atomic E-state index is 0.277. The Balaban J connectivity index is 1.19. The van der Waals surface area contributed by atoms with E-state index in [0.29, 0.717) is 6.42 Å². The first-order valence-corrected chi connectivity index (χ1v) is 11.1. The van der Waals surface area contributed by atoms with E-state index in [0.717, 1.165) is 62.4 Å². The SMILES string of the molecule is COc1cccc(N2CCN(C(=O)CCCCc3nc4ccccc4s3)CC2)c1. The van der Waals surface area contributed by atoms with Crippen molar-refractivity contribution < 1.29 is 9.53 Å². The number of aryl methyl sites for hydroxylation is 1. The highest BCUT2D eigenvalue weighted by atomic mass is 32.1. The van der Waals surface area contributed by atoms with Crippen molar-refractivity contribution in [2.45, 2.75) is 25.7 Å². The van der Waals surface area contributed by atoms with E-state index in [-0.39, 0.29) is 5.91 Å². The molecule has 0 atom stereocenters. The third-order valence-electron chi connectivity index (χ3n) is 5.42. The summed E-state index contributed by atoms with van der Waals surface area (Å²) in [6.45, 7) is 3.30. The summed E-state index contributed by atoms with van der Waals surface area (Å²) >= 11 is 1.76. The van der Waals surface area contributed by atoms with E-state index >= 15 is 0 Å². The number of aromatic nitrogens is 1. The second-order valence-electron chi connectivity index (χ2n) is 7.35. The van der Waals surface area contributed by atoms with Crippen LogP contribution in [0.4, 0.5) is 5.69 Å². The number of thiazole rings is 1. The average Bonchev–Trinajstić information content (AvgIpc) is 3.19. The molecular formula is C23H27N3O2S. The highest BCUT2D eigenvalue weighted by Crippen LogP contribution is 2.24. The maximum atomic E-state index is 12.6. The van der Waals surface area contributed by atoms with Crippen LogP contribution in [0.15, 0.2) is 48.5 Å². The zero-order chi connectivity index (χ0) is 20.1. The van der Waals surface area contributed by atoms with Gasteiger partial charge in [-0.15, -0.1) is 11.3 Å². The summed E-state index contributed by atoms with van der Waals surface area (Å²) in [7, 11) is 1.69. The number of carbonyl (C=O) groups is 1. The maximum Gasteiger partial charge on any atom is 0.222 e. The first kappa shape index (κ1) is 19.7. The molecule has 3 aromatic rings. The average molecular weight is 410 g/mol. The van der Waals surface area contributed by atoms with E-state index < -0.39 is 0 Å². The van der Waals surface area contributed by atoms with Crippen LogP contribution in [-0.4, -0.2) is 49.1 Å². The third-order valence-corrected chi connectivity index (χ3v) is 6.52. The normalized spacial score (nSPS) is 14.4. The lowest BCUT2D eigenvalue weighted by Gasteiger charge is -2.36. The van der Waals surface area contributed by atoms with E-state index in [1.807, 2.05) is 23.1 Å². The van der Waals surface area contributed by atoms with Crippen LogP contribution in [0.2, 0.25) is 0 Å². The quantitative estimate of drug-likeness (QED) is 0.544. The van der Waals surface area contributed by atoms with Crippen molar-refractivity contribution in [2.75, 3.05) is 38.2 Å². The van der Waals surface area contributed by atoms with Gasteiger partial charge in [0.2, 0.25) is 5.91 Å². The predicted octanol–water partition coefficient (Wildman–Crippen LogP) is 4.37. The number of amides is 1. The molecule has 0 N–H and O–H groups in total. The van der Waals surface area contributed by atoms with Gasteiger partial charge in [0.15, 0.2) is 0 Å². The number of carbonyl (C=O) groups excluding carboxylic acids is 1. The lowest BCUT2D eigenvalue weighted by Crippen LogP contribution is -2.48. The molecule has 1 aromatic heterocycles. The van der Waals surface area contributed by atoms with Gasteiger partial charge in [-0.05, 0) is 43.5 Å². The van der Waals surface area contributed by atoms with Gasteiger partial charge >= 0.3 is 0 Å². The van der Waals surface area contributed by atoms with Crippen LogP contribution in [0.25, 0.3) is 10.2 Å². The summed E-state index contributed by atoms with van der Waals surface area (Å²) in [6, 6.07) is 16.4. The topological polar surface area (TPSA) is 45.7 Å². The molecule has 29 heavy (non-hydrogen) atoms. The second-order valence-corrected chi connectivity index (χ2v) is 8.47. The Kier molecular flexibility index (Phi) is 6.30. The van der Waals surface area contributed by atoms with Gasteiger partial charge in [-0.2, -0.15) is 0 Å². The predicted molar refractivity (Wildman–Crippen MR) is 119 cm³/mol. The number of hydrogen-bond acceptors (Lipinski definition) is 5. The van der Waals surface area contributed by atoms with Crippen LogP contribution in [-0.2, 0) is 11.2 Å². The highest BCUT2D eigenvalue weighted by molar-refractivity contribution is 7.18. The molecule has 2 aromatic carbocycles. The molecule has 0 radical (unpaired) electrons. The minimum Gasteiger partial charge on any atom is -0.497 e. The fourth-order valence-electron chi connectivity index (χ4n) is 3.76. The van der Waals surface area contributed by atoms with Crippen molar-refractivity contribution >= 4 is 33.1 Å². The molecule has 1 fully saturated rings. The van der Waals surface area contributed by atoms with E-state index in [2.05, 4.69) is 40.2 Å². The van der Waals surface area contributed by atoms with Gasteiger partial charge in [0, 0.05) is 44.4 Å². The molecule has 2 heterocycles. The van der Waals surface area contributed by atoms with Crippen LogP contribution >= 0.6 is 11.3 Å². The van der Waals surface area contributed by atoms with Gasteiger partial charge in [0.1, 0.15) is 5.75 Å². The Bertz CT molecular complexity index is 930.